The standard InChI is InChI=1S/C18H20Cl2N4O4S/c1-12(18(25)23-15-8-13(19)10-21-11-15)22-14-2-3-16(20)17(9-14)29(26,27)24-4-6-28-7-5-24/h2-3,8-12,22H,4-7H2,1H3,(H,23,25)/t12-/m1/s1. The predicted octanol–water partition coefficient (Wildman–Crippen LogP) is 2.85. The van der Waals surface area contributed by atoms with Crippen molar-refractivity contribution in [2.45, 2.75) is 17.9 Å². The van der Waals surface area contributed by atoms with E-state index in [4.69, 9.17) is 27.9 Å². The number of hydrogen-bond donors (Lipinski definition) is 2. The number of ether oxygens (including phenoxy) is 1. The van der Waals surface area contributed by atoms with E-state index < -0.39 is 16.1 Å². The lowest BCUT2D eigenvalue weighted by Crippen LogP contribution is -2.40. The summed E-state index contributed by atoms with van der Waals surface area (Å²) in [6.45, 7) is 2.86. The largest absolute Gasteiger partial charge is 0.379 e. The fraction of sp³-hybridized carbons (Fsp3) is 0.333. The van der Waals surface area contributed by atoms with Crippen LogP contribution in [0.5, 0.6) is 0 Å². The highest BCUT2D eigenvalue weighted by atomic mass is 35.5. The lowest BCUT2D eigenvalue weighted by atomic mass is 10.2. The quantitative estimate of drug-likeness (QED) is 0.689. The summed E-state index contributed by atoms with van der Waals surface area (Å²) in [5, 5.41) is 6.20. The molecule has 0 spiro atoms. The highest BCUT2D eigenvalue weighted by Gasteiger charge is 2.28. The third-order valence-electron chi connectivity index (χ3n) is 4.27. The van der Waals surface area contributed by atoms with Crippen LogP contribution in [0.3, 0.4) is 0 Å². The number of aromatic nitrogens is 1. The van der Waals surface area contributed by atoms with Crippen molar-refractivity contribution in [3.63, 3.8) is 0 Å². The van der Waals surface area contributed by atoms with Crippen LogP contribution in [-0.4, -0.2) is 56.0 Å². The van der Waals surface area contributed by atoms with Crippen LogP contribution in [0, 0.1) is 0 Å². The first-order chi connectivity index (χ1) is 13.8. The number of rotatable bonds is 6. The minimum absolute atomic E-state index is 0.0160. The molecule has 1 amide bonds. The molecule has 2 aromatic rings. The molecule has 0 aliphatic carbocycles. The van der Waals surface area contributed by atoms with Gasteiger partial charge in [0.1, 0.15) is 10.9 Å². The minimum Gasteiger partial charge on any atom is -0.379 e. The van der Waals surface area contributed by atoms with Gasteiger partial charge in [-0.15, -0.1) is 0 Å². The van der Waals surface area contributed by atoms with Crippen molar-refractivity contribution in [1.82, 2.24) is 9.29 Å². The van der Waals surface area contributed by atoms with E-state index in [2.05, 4.69) is 15.6 Å². The highest BCUT2D eigenvalue weighted by molar-refractivity contribution is 7.89. The van der Waals surface area contributed by atoms with Crippen LogP contribution in [0.4, 0.5) is 11.4 Å². The molecule has 0 unspecified atom stereocenters. The molecule has 1 saturated heterocycles. The smallest absolute Gasteiger partial charge is 0.246 e. The van der Waals surface area contributed by atoms with Gasteiger partial charge in [0.05, 0.1) is 35.1 Å². The Morgan fingerprint density at radius 1 is 1.17 bits per heavy atom. The predicted molar refractivity (Wildman–Crippen MR) is 112 cm³/mol. The van der Waals surface area contributed by atoms with Gasteiger partial charge in [0.2, 0.25) is 15.9 Å². The van der Waals surface area contributed by atoms with Crippen molar-refractivity contribution >= 4 is 50.5 Å². The molecule has 1 aliphatic heterocycles. The zero-order chi connectivity index (χ0) is 21.0. The Morgan fingerprint density at radius 3 is 2.59 bits per heavy atom. The number of hydrogen-bond acceptors (Lipinski definition) is 6. The second-order valence-electron chi connectivity index (χ2n) is 6.41. The zero-order valence-electron chi connectivity index (χ0n) is 15.6. The average molecular weight is 459 g/mol. The maximum Gasteiger partial charge on any atom is 0.246 e. The summed E-state index contributed by atoms with van der Waals surface area (Å²) in [7, 11) is -3.77. The lowest BCUT2D eigenvalue weighted by molar-refractivity contribution is -0.116. The Hall–Kier alpha value is -1.91. The van der Waals surface area contributed by atoms with Crippen LogP contribution in [0.25, 0.3) is 0 Å². The Labute approximate surface area is 179 Å². The second-order valence-corrected chi connectivity index (χ2v) is 9.16. The van der Waals surface area contributed by atoms with Crippen molar-refractivity contribution in [3.8, 4) is 0 Å². The van der Waals surface area contributed by atoms with Crippen LogP contribution in [-0.2, 0) is 19.6 Å². The SMILES string of the molecule is C[C@@H](Nc1ccc(Cl)c(S(=O)(=O)N2CCOCC2)c1)C(=O)Nc1cncc(Cl)c1. The van der Waals surface area contributed by atoms with Crippen LogP contribution in [0.1, 0.15) is 6.92 Å². The highest BCUT2D eigenvalue weighted by Crippen LogP contribution is 2.28. The molecule has 1 aliphatic rings. The van der Waals surface area contributed by atoms with Gasteiger partial charge in [0.25, 0.3) is 0 Å². The molecule has 0 radical (unpaired) electrons. The number of pyridine rings is 1. The normalized spacial score (nSPS) is 16.2. The van der Waals surface area contributed by atoms with E-state index >= 15 is 0 Å². The number of sulfonamides is 1. The Kier molecular flexibility index (Phi) is 6.97. The van der Waals surface area contributed by atoms with Gasteiger partial charge in [-0.3, -0.25) is 9.78 Å². The van der Waals surface area contributed by atoms with Gasteiger partial charge >= 0.3 is 0 Å². The number of carbonyl (C=O) groups is 1. The van der Waals surface area contributed by atoms with Gasteiger partial charge in [0, 0.05) is 25.0 Å². The number of benzene rings is 1. The van der Waals surface area contributed by atoms with Crippen molar-refractivity contribution < 1.29 is 17.9 Å². The Bertz CT molecular complexity index is 997. The van der Waals surface area contributed by atoms with E-state index in [1.54, 1.807) is 19.1 Å². The molecule has 2 heterocycles. The molecule has 3 rings (SSSR count). The summed E-state index contributed by atoms with van der Waals surface area (Å²) in [4.78, 5) is 16.3. The van der Waals surface area contributed by atoms with E-state index in [0.29, 0.717) is 29.6 Å². The number of morpholine rings is 1. The molecule has 156 valence electrons. The Balaban J connectivity index is 1.74. The number of anilines is 2. The molecule has 11 heteroatoms. The van der Waals surface area contributed by atoms with Crippen molar-refractivity contribution in [2.24, 2.45) is 0 Å². The van der Waals surface area contributed by atoms with Crippen LogP contribution < -0.4 is 10.6 Å². The monoisotopic (exact) mass is 458 g/mol. The first kappa shape index (κ1) is 21.8. The summed E-state index contributed by atoms with van der Waals surface area (Å²) in [5.74, 6) is -0.332. The van der Waals surface area contributed by atoms with Crippen molar-refractivity contribution in [1.29, 1.82) is 0 Å². The van der Waals surface area contributed by atoms with Gasteiger partial charge in [-0.25, -0.2) is 8.42 Å². The van der Waals surface area contributed by atoms with E-state index in [0.717, 1.165) is 0 Å². The molecule has 1 atom stereocenters. The number of amides is 1. The molecule has 1 fully saturated rings. The molecule has 8 nitrogen and oxygen atoms in total. The third kappa shape index (κ3) is 5.37. The molecule has 1 aromatic carbocycles. The topological polar surface area (TPSA) is 101 Å². The zero-order valence-corrected chi connectivity index (χ0v) is 17.9. The van der Waals surface area contributed by atoms with Crippen molar-refractivity contribution in [3.05, 3.63) is 46.7 Å². The van der Waals surface area contributed by atoms with Crippen LogP contribution in [0.15, 0.2) is 41.6 Å². The first-order valence-corrected chi connectivity index (χ1v) is 11.0. The summed E-state index contributed by atoms with van der Waals surface area (Å²) in [6.07, 6.45) is 2.94. The van der Waals surface area contributed by atoms with Gasteiger partial charge < -0.3 is 15.4 Å². The second kappa shape index (κ2) is 9.27. The number of nitrogens with one attached hydrogen (secondary N) is 2. The molecule has 0 saturated carbocycles. The Morgan fingerprint density at radius 2 is 1.90 bits per heavy atom. The van der Waals surface area contributed by atoms with E-state index in [-0.39, 0.29) is 28.9 Å². The molecular formula is C18H20Cl2N4O4S. The summed E-state index contributed by atoms with van der Waals surface area (Å²) >= 11 is 12.0. The van der Waals surface area contributed by atoms with Gasteiger partial charge in [-0.2, -0.15) is 4.31 Å². The molecular weight excluding hydrogens is 439 g/mol. The molecule has 29 heavy (non-hydrogen) atoms. The number of carbonyl (C=O) groups excluding carboxylic acids is 1. The van der Waals surface area contributed by atoms with Crippen molar-refractivity contribution in [2.75, 3.05) is 36.9 Å². The average Bonchev–Trinajstić information content (AvgIpc) is 2.70. The van der Waals surface area contributed by atoms with E-state index in [9.17, 15) is 13.2 Å². The summed E-state index contributed by atoms with van der Waals surface area (Å²) in [5.41, 5.74) is 0.913. The van der Waals surface area contributed by atoms with Crippen LogP contribution >= 0.6 is 23.2 Å². The molecule has 2 N–H and O–H groups in total. The number of nitrogens with zero attached hydrogens (tertiary/aromatic N) is 2. The van der Waals surface area contributed by atoms with E-state index in [1.165, 1.54) is 28.8 Å². The minimum atomic E-state index is -3.77. The first-order valence-electron chi connectivity index (χ1n) is 8.83. The summed E-state index contributed by atoms with van der Waals surface area (Å²) < 4.78 is 32.4. The fourth-order valence-electron chi connectivity index (χ4n) is 2.76. The lowest BCUT2D eigenvalue weighted by Gasteiger charge is -2.26. The summed E-state index contributed by atoms with van der Waals surface area (Å²) in [6, 6.07) is 5.45. The molecule has 1 aromatic heterocycles. The number of halogens is 2. The van der Waals surface area contributed by atoms with Gasteiger partial charge in [-0.05, 0) is 31.2 Å². The third-order valence-corrected chi connectivity index (χ3v) is 6.85. The van der Waals surface area contributed by atoms with Gasteiger partial charge in [-0.1, -0.05) is 23.2 Å². The van der Waals surface area contributed by atoms with E-state index in [1.807, 2.05) is 0 Å². The van der Waals surface area contributed by atoms with Gasteiger partial charge in [0.15, 0.2) is 0 Å². The van der Waals surface area contributed by atoms with Crippen LogP contribution in [0.2, 0.25) is 10.0 Å². The maximum atomic E-state index is 12.9. The maximum absolute atomic E-state index is 12.9. The fourth-order valence-corrected chi connectivity index (χ4v) is 4.85. The molecule has 0 bridgehead atoms.